The molecule has 0 amide bonds. The summed E-state index contributed by atoms with van der Waals surface area (Å²) >= 11 is 13.7. The lowest BCUT2D eigenvalue weighted by Gasteiger charge is -2.17. The van der Waals surface area contributed by atoms with Crippen LogP contribution < -0.4 is 10.1 Å². The summed E-state index contributed by atoms with van der Waals surface area (Å²) in [6, 6.07) is 9.42. The van der Waals surface area contributed by atoms with Crippen LogP contribution in [0, 0.1) is 0 Å². The molecule has 2 unspecified atom stereocenters. The largest absolute Gasteiger partial charge is 0.488 e. The molecule has 0 saturated carbocycles. The zero-order chi connectivity index (χ0) is 15.2. The van der Waals surface area contributed by atoms with Crippen LogP contribution in [0.1, 0.15) is 17.8 Å². The van der Waals surface area contributed by atoms with Crippen LogP contribution in [0.4, 0.5) is 0 Å². The molecule has 3 nitrogen and oxygen atoms in total. The second kappa shape index (κ2) is 8.01. The molecule has 0 bridgehead atoms. The van der Waals surface area contributed by atoms with Gasteiger partial charge in [-0.1, -0.05) is 35.3 Å². The van der Waals surface area contributed by atoms with Gasteiger partial charge in [-0.2, -0.15) is 0 Å². The molecule has 0 saturated heterocycles. The second-order valence-corrected chi connectivity index (χ2v) is 6.45. The van der Waals surface area contributed by atoms with E-state index in [1.807, 2.05) is 11.4 Å². The van der Waals surface area contributed by atoms with Crippen LogP contribution in [0.25, 0.3) is 0 Å². The Morgan fingerprint density at radius 1 is 1.24 bits per heavy atom. The van der Waals surface area contributed by atoms with Gasteiger partial charge in [-0.15, -0.1) is 11.3 Å². The van der Waals surface area contributed by atoms with E-state index in [4.69, 9.17) is 27.9 Å². The maximum absolute atomic E-state index is 9.97. The van der Waals surface area contributed by atoms with E-state index in [9.17, 15) is 5.11 Å². The van der Waals surface area contributed by atoms with Crippen LogP contribution in [0.5, 0.6) is 5.75 Å². The second-order valence-electron chi connectivity index (χ2n) is 4.66. The van der Waals surface area contributed by atoms with Crippen molar-refractivity contribution < 1.29 is 9.84 Å². The number of para-hydroxylation sites is 1. The molecule has 0 aliphatic carbocycles. The number of hydrogen-bond donors (Lipinski definition) is 2. The van der Waals surface area contributed by atoms with E-state index in [-0.39, 0.29) is 12.6 Å². The predicted molar refractivity (Wildman–Crippen MR) is 88.7 cm³/mol. The maximum Gasteiger partial charge on any atom is 0.156 e. The van der Waals surface area contributed by atoms with Gasteiger partial charge in [0.05, 0.1) is 10.0 Å². The number of thiophene rings is 1. The number of benzene rings is 1. The minimum Gasteiger partial charge on any atom is -0.488 e. The van der Waals surface area contributed by atoms with E-state index in [2.05, 4.69) is 18.3 Å². The Bertz CT molecular complexity index is 543. The highest BCUT2D eigenvalue weighted by Crippen LogP contribution is 2.32. The van der Waals surface area contributed by atoms with Crippen LogP contribution in [0.15, 0.2) is 35.7 Å². The third kappa shape index (κ3) is 4.87. The monoisotopic (exact) mass is 345 g/mol. The van der Waals surface area contributed by atoms with Gasteiger partial charge in [0.1, 0.15) is 12.7 Å². The van der Waals surface area contributed by atoms with Crippen LogP contribution in [0.3, 0.4) is 0 Å². The van der Waals surface area contributed by atoms with Gasteiger partial charge in [0, 0.05) is 17.5 Å². The summed E-state index contributed by atoms with van der Waals surface area (Å²) < 4.78 is 5.50. The highest BCUT2D eigenvalue weighted by atomic mass is 35.5. The van der Waals surface area contributed by atoms with E-state index in [1.165, 1.54) is 4.88 Å². The van der Waals surface area contributed by atoms with Crippen molar-refractivity contribution in [3.63, 3.8) is 0 Å². The van der Waals surface area contributed by atoms with Crippen molar-refractivity contribution in [1.29, 1.82) is 0 Å². The molecule has 2 aromatic rings. The molecule has 0 radical (unpaired) electrons. The van der Waals surface area contributed by atoms with Crippen molar-refractivity contribution >= 4 is 34.5 Å². The molecule has 1 aromatic heterocycles. The first kappa shape index (κ1) is 16.6. The SMILES string of the molecule is CC(NCC(O)COc1c(Cl)cccc1Cl)c1cccs1. The van der Waals surface area contributed by atoms with Gasteiger partial charge in [-0.05, 0) is 30.5 Å². The summed E-state index contributed by atoms with van der Waals surface area (Å²) in [7, 11) is 0. The first-order valence-electron chi connectivity index (χ1n) is 6.59. The van der Waals surface area contributed by atoms with Crippen LogP contribution in [-0.4, -0.2) is 24.4 Å². The van der Waals surface area contributed by atoms with Crippen molar-refractivity contribution in [3.05, 3.63) is 50.6 Å². The van der Waals surface area contributed by atoms with Gasteiger partial charge in [0.15, 0.2) is 5.75 Å². The normalized spacial score (nSPS) is 13.9. The van der Waals surface area contributed by atoms with Crippen LogP contribution in [0.2, 0.25) is 10.0 Å². The Morgan fingerprint density at radius 3 is 2.57 bits per heavy atom. The molecular formula is C15H17Cl2NO2S. The molecule has 0 fully saturated rings. The van der Waals surface area contributed by atoms with E-state index in [0.29, 0.717) is 22.3 Å². The van der Waals surface area contributed by atoms with Crippen molar-refractivity contribution in [2.75, 3.05) is 13.2 Å². The smallest absolute Gasteiger partial charge is 0.156 e. The van der Waals surface area contributed by atoms with Crippen molar-refractivity contribution in [2.45, 2.75) is 19.1 Å². The van der Waals surface area contributed by atoms with Gasteiger partial charge < -0.3 is 15.2 Å². The van der Waals surface area contributed by atoms with Crippen LogP contribution in [-0.2, 0) is 0 Å². The number of halogens is 2. The predicted octanol–water partition coefficient (Wildman–Crippen LogP) is 4.15. The number of rotatable bonds is 7. The maximum atomic E-state index is 9.97. The molecule has 0 aliphatic heterocycles. The van der Waals surface area contributed by atoms with Gasteiger partial charge in [0.25, 0.3) is 0 Å². The third-order valence-corrected chi connectivity index (χ3v) is 4.62. The number of ether oxygens (including phenoxy) is 1. The number of nitrogens with one attached hydrogen (secondary N) is 1. The lowest BCUT2D eigenvalue weighted by molar-refractivity contribution is 0.104. The Balaban J connectivity index is 1.78. The van der Waals surface area contributed by atoms with E-state index in [1.54, 1.807) is 29.5 Å². The zero-order valence-corrected chi connectivity index (χ0v) is 13.9. The molecule has 2 rings (SSSR count). The molecule has 0 spiro atoms. The van der Waals surface area contributed by atoms with Gasteiger partial charge >= 0.3 is 0 Å². The molecule has 0 aliphatic rings. The molecule has 2 atom stereocenters. The summed E-state index contributed by atoms with van der Waals surface area (Å²) in [6.07, 6.45) is -0.639. The standard InChI is InChI=1S/C15H17Cl2NO2S/c1-10(14-6-3-7-21-14)18-8-11(19)9-20-15-12(16)4-2-5-13(15)17/h2-7,10-11,18-19H,8-9H2,1H3. The average molecular weight is 346 g/mol. The molecule has 6 heteroatoms. The Morgan fingerprint density at radius 2 is 1.95 bits per heavy atom. The fraction of sp³-hybridized carbons (Fsp3) is 0.333. The topological polar surface area (TPSA) is 41.5 Å². The Labute approximate surface area is 138 Å². The summed E-state index contributed by atoms with van der Waals surface area (Å²) in [5, 5.41) is 16.1. The number of aliphatic hydroxyl groups is 1. The first-order chi connectivity index (χ1) is 10.1. The summed E-state index contributed by atoms with van der Waals surface area (Å²) in [5.74, 6) is 0.409. The lowest BCUT2D eigenvalue weighted by atomic mass is 10.2. The number of aliphatic hydroxyl groups excluding tert-OH is 1. The van der Waals surface area contributed by atoms with Crippen molar-refractivity contribution in [1.82, 2.24) is 5.32 Å². The van der Waals surface area contributed by atoms with E-state index in [0.717, 1.165) is 0 Å². The van der Waals surface area contributed by atoms with Gasteiger partial charge in [-0.3, -0.25) is 0 Å². The fourth-order valence-corrected chi connectivity index (χ4v) is 3.08. The average Bonchev–Trinajstić information content (AvgIpc) is 2.98. The third-order valence-electron chi connectivity index (χ3n) is 2.97. The molecule has 1 aromatic carbocycles. The zero-order valence-electron chi connectivity index (χ0n) is 11.6. The minimum absolute atomic E-state index is 0.133. The molecule has 2 N–H and O–H groups in total. The minimum atomic E-state index is -0.639. The lowest BCUT2D eigenvalue weighted by Crippen LogP contribution is -2.32. The molecular weight excluding hydrogens is 329 g/mol. The fourth-order valence-electron chi connectivity index (χ4n) is 1.81. The summed E-state index contributed by atoms with van der Waals surface area (Å²) in [6.45, 7) is 2.62. The summed E-state index contributed by atoms with van der Waals surface area (Å²) in [4.78, 5) is 1.23. The van der Waals surface area contributed by atoms with E-state index < -0.39 is 6.10 Å². The van der Waals surface area contributed by atoms with Gasteiger partial charge in [-0.25, -0.2) is 0 Å². The van der Waals surface area contributed by atoms with Gasteiger partial charge in [0.2, 0.25) is 0 Å². The molecule has 21 heavy (non-hydrogen) atoms. The Hall–Kier alpha value is -0.780. The van der Waals surface area contributed by atoms with Crippen LogP contribution >= 0.6 is 34.5 Å². The van der Waals surface area contributed by atoms with Crippen molar-refractivity contribution in [2.24, 2.45) is 0 Å². The van der Waals surface area contributed by atoms with Crippen molar-refractivity contribution in [3.8, 4) is 5.75 Å². The highest BCUT2D eigenvalue weighted by molar-refractivity contribution is 7.10. The van der Waals surface area contributed by atoms with E-state index >= 15 is 0 Å². The first-order valence-corrected chi connectivity index (χ1v) is 8.23. The highest BCUT2D eigenvalue weighted by Gasteiger charge is 2.12. The summed E-state index contributed by atoms with van der Waals surface area (Å²) in [5.41, 5.74) is 0. The quantitative estimate of drug-likeness (QED) is 0.792. The Kier molecular flexibility index (Phi) is 6.33. The molecule has 1 heterocycles. The molecule has 114 valence electrons. The number of hydrogen-bond acceptors (Lipinski definition) is 4.